The molecule has 0 aliphatic rings. The predicted octanol–water partition coefficient (Wildman–Crippen LogP) is 3.74. The van der Waals surface area contributed by atoms with Crippen LogP contribution in [0.2, 0.25) is 0 Å². The van der Waals surface area contributed by atoms with Gasteiger partial charge in [0.2, 0.25) is 0 Å². The molecule has 1 aromatic rings. The number of benzene rings is 1. The van der Waals surface area contributed by atoms with Gasteiger partial charge in [-0.05, 0) is 32.6 Å². The van der Waals surface area contributed by atoms with E-state index in [4.69, 9.17) is 0 Å². The van der Waals surface area contributed by atoms with Crippen molar-refractivity contribution in [2.24, 2.45) is 0 Å². The molecule has 0 saturated carbocycles. The van der Waals surface area contributed by atoms with Crippen molar-refractivity contribution in [2.45, 2.75) is 32.9 Å². The monoisotopic (exact) mass is 209 g/mol. The molecule has 0 N–H and O–H groups in total. The zero-order valence-electron chi connectivity index (χ0n) is 9.40. The first kappa shape index (κ1) is 11.6. The largest absolute Gasteiger partial charge is 0.241 e. The first-order valence-electron chi connectivity index (χ1n) is 5.04. The molecule has 1 unspecified atom stereocenters. The standard InChI is InChI=1S/C12H19NS/c1-10(2)13(14-4)11(3)12-8-6-5-7-9-12/h5-11H,1-4H3. The second-order valence-corrected chi connectivity index (χ2v) is 4.51. The fourth-order valence-electron chi connectivity index (χ4n) is 1.69. The van der Waals surface area contributed by atoms with Crippen molar-refractivity contribution in [1.29, 1.82) is 0 Å². The Kier molecular flexibility index (Phi) is 4.49. The van der Waals surface area contributed by atoms with Gasteiger partial charge >= 0.3 is 0 Å². The van der Waals surface area contributed by atoms with Gasteiger partial charge in [-0.25, -0.2) is 4.31 Å². The fraction of sp³-hybridized carbons (Fsp3) is 0.500. The molecule has 0 heterocycles. The SMILES string of the molecule is CSN(C(C)C)C(C)c1ccccc1. The molecule has 14 heavy (non-hydrogen) atoms. The van der Waals surface area contributed by atoms with Crippen molar-refractivity contribution in [3.8, 4) is 0 Å². The molecule has 0 spiro atoms. The van der Waals surface area contributed by atoms with E-state index in [1.54, 1.807) is 0 Å². The topological polar surface area (TPSA) is 3.24 Å². The lowest BCUT2D eigenvalue weighted by Gasteiger charge is -2.30. The van der Waals surface area contributed by atoms with Gasteiger partial charge in [0, 0.05) is 12.1 Å². The third kappa shape index (κ3) is 2.76. The number of hydrogen-bond donors (Lipinski definition) is 0. The van der Waals surface area contributed by atoms with Crippen LogP contribution in [0.4, 0.5) is 0 Å². The van der Waals surface area contributed by atoms with Crippen LogP contribution in [0.5, 0.6) is 0 Å². The lowest BCUT2D eigenvalue weighted by atomic mass is 10.1. The molecule has 0 radical (unpaired) electrons. The molecule has 2 heteroatoms. The van der Waals surface area contributed by atoms with Gasteiger partial charge in [-0.2, -0.15) is 0 Å². The molecule has 0 bridgehead atoms. The smallest absolute Gasteiger partial charge is 0.0426 e. The van der Waals surface area contributed by atoms with Crippen LogP contribution in [-0.2, 0) is 0 Å². The van der Waals surface area contributed by atoms with E-state index in [9.17, 15) is 0 Å². The van der Waals surface area contributed by atoms with E-state index < -0.39 is 0 Å². The molecule has 1 nitrogen and oxygen atoms in total. The summed E-state index contributed by atoms with van der Waals surface area (Å²) in [5, 5.41) is 0. The van der Waals surface area contributed by atoms with Crippen molar-refractivity contribution in [3.05, 3.63) is 35.9 Å². The molecule has 0 aliphatic carbocycles. The molecule has 78 valence electrons. The van der Waals surface area contributed by atoms with E-state index in [1.807, 2.05) is 11.9 Å². The van der Waals surface area contributed by atoms with Gasteiger partial charge < -0.3 is 0 Å². The van der Waals surface area contributed by atoms with Gasteiger partial charge in [0.25, 0.3) is 0 Å². The molecule has 0 aromatic heterocycles. The Morgan fingerprint density at radius 1 is 1.07 bits per heavy atom. The quantitative estimate of drug-likeness (QED) is 0.695. The van der Waals surface area contributed by atoms with Crippen LogP contribution >= 0.6 is 11.9 Å². The summed E-state index contributed by atoms with van der Waals surface area (Å²) < 4.78 is 2.41. The lowest BCUT2D eigenvalue weighted by Crippen LogP contribution is -2.26. The summed E-state index contributed by atoms with van der Waals surface area (Å²) in [5.41, 5.74) is 1.38. The Labute approximate surface area is 91.6 Å². The first-order chi connectivity index (χ1) is 6.66. The maximum atomic E-state index is 2.41. The Hall–Kier alpha value is -0.470. The van der Waals surface area contributed by atoms with Crippen LogP contribution in [0.25, 0.3) is 0 Å². The highest BCUT2D eigenvalue weighted by Gasteiger charge is 2.17. The third-order valence-electron chi connectivity index (χ3n) is 2.38. The van der Waals surface area contributed by atoms with E-state index in [0.29, 0.717) is 12.1 Å². The van der Waals surface area contributed by atoms with E-state index in [2.05, 4.69) is 61.7 Å². The van der Waals surface area contributed by atoms with Crippen molar-refractivity contribution in [2.75, 3.05) is 6.26 Å². The summed E-state index contributed by atoms with van der Waals surface area (Å²) in [4.78, 5) is 0. The van der Waals surface area contributed by atoms with E-state index in [1.165, 1.54) is 5.56 Å². The maximum Gasteiger partial charge on any atom is 0.0426 e. The Balaban J connectivity index is 2.78. The molecule has 1 rings (SSSR count). The summed E-state index contributed by atoms with van der Waals surface area (Å²) in [6.45, 7) is 6.72. The minimum atomic E-state index is 0.478. The van der Waals surface area contributed by atoms with Gasteiger partial charge in [0.05, 0.1) is 0 Å². The zero-order chi connectivity index (χ0) is 10.6. The molecule has 0 aliphatic heterocycles. The third-order valence-corrected chi connectivity index (χ3v) is 3.54. The fourth-order valence-corrected chi connectivity index (χ4v) is 2.55. The highest BCUT2D eigenvalue weighted by Crippen LogP contribution is 2.27. The van der Waals surface area contributed by atoms with E-state index >= 15 is 0 Å². The van der Waals surface area contributed by atoms with Crippen LogP contribution in [0, 0.1) is 0 Å². The summed E-state index contributed by atoms with van der Waals surface area (Å²) in [5.74, 6) is 0. The normalized spacial score (nSPS) is 13.6. The summed E-state index contributed by atoms with van der Waals surface area (Å²) in [6.07, 6.45) is 2.14. The molecular weight excluding hydrogens is 190 g/mol. The van der Waals surface area contributed by atoms with Gasteiger partial charge in [-0.15, -0.1) is 0 Å². The van der Waals surface area contributed by atoms with Crippen LogP contribution in [0.3, 0.4) is 0 Å². The average molecular weight is 209 g/mol. The van der Waals surface area contributed by atoms with Crippen molar-refractivity contribution in [1.82, 2.24) is 4.31 Å². The van der Waals surface area contributed by atoms with Crippen LogP contribution < -0.4 is 0 Å². The molecule has 0 fully saturated rings. The molecule has 1 atom stereocenters. The maximum absolute atomic E-state index is 2.41. The summed E-state index contributed by atoms with van der Waals surface area (Å²) in [6, 6.07) is 11.7. The van der Waals surface area contributed by atoms with Gasteiger partial charge in [-0.3, -0.25) is 0 Å². The Morgan fingerprint density at radius 3 is 2.07 bits per heavy atom. The van der Waals surface area contributed by atoms with Crippen molar-refractivity contribution in [3.63, 3.8) is 0 Å². The molecule has 0 amide bonds. The number of rotatable bonds is 4. The first-order valence-corrected chi connectivity index (χ1v) is 6.22. The number of hydrogen-bond acceptors (Lipinski definition) is 2. The Bertz CT molecular complexity index is 258. The minimum absolute atomic E-state index is 0.478. The predicted molar refractivity (Wildman–Crippen MR) is 65.3 cm³/mol. The van der Waals surface area contributed by atoms with E-state index in [-0.39, 0.29) is 0 Å². The lowest BCUT2D eigenvalue weighted by molar-refractivity contribution is 0.324. The summed E-state index contributed by atoms with van der Waals surface area (Å²) >= 11 is 1.81. The van der Waals surface area contributed by atoms with Crippen LogP contribution in [0.15, 0.2) is 30.3 Å². The summed E-state index contributed by atoms with van der Waals surface area (Å²) in [7, 11) is 0. The zero-order valence-corrected chi connectivity index (χ0v) is 10.2. The second-order valence-electron chi connectivity index (χ2n) is 3.72. The van der Waals surface area contributed by atoms with E-state index in [0.717, 1.165) is 0 Å². The highest BCUT2D eigenvalue weighted by atomic mass is 32.2. The molecule has 0 saturated heterocycles. The van der Waals surface area contributed by atoms with Crippen LogP contribution in [0.1, 0.15) is 32.4 Å². The van der Waals surface area contributed by atoms with Crippen molar-refractivity contribution < 1.29 is 0 Å². The molecule has 1 aromatic carbocycles. The van der Waals surface area contributed by atoms with Crippen molar-refractivity contribution >= 4 is 11.9 Å². The van der Waals surface area contributed by atoms with Gasteiger partial charge in [0.15, 0.2) is 0 Å². The molecular formula is C12H19NS. The minimum Gasteiger partial charge on any atom is -0.241 e. The van der Waals surface area contributed by atoms with Gasteiger partial charge in [0.1, 0.15) is 0 Å². The second kappa shape index (κ2) is 5.42. The number of nitrogens with zero attached hydrogens (tertiary/aromatic N) is 1. The average Bonchev–Trinajstić information content (AvgIpc) is 2.19. The van der Waals surface area contributed by atoms with Gasteiger partial charge in [-0.1, -0.05) is 42.3 Å². The van der Waals surface area contributed by atoms with Crippen LogP contribution in [-0.4, -0.2) is 16.6 Å². The Morgan fingerprint density at radius 2 is 1.64 bits per heavy atom. The highest BCUT2D eigenvalue weighted by molar-refractivity contribution is 7.96.